The van der Waals surface area contributed by atoms with Crippen molar-refractivity contribution in [2.24, 2.45) is 5.10 Å². The molecule has 1 fully saturated rings. The first kappa shape index (κ1) is 30.1. The van der Waals surface area contributed by atoms with Gasteiger partial charge in [0.1, 0.15) is 11.5 Å². The summed E-state index contributed by atoms with van der Waals surface area (Å²) in [5, 5.41) is 7.56. The standard InChI is InChI=1S/C27H27Cl3N4O5S/c28-19-7-11-23(12-8-19)40(37,38)34(16-18-6-13-24(29)25(30)14-18)17-22-10-9-21(39-22)15-31-33-27(36)26(35)32-20-4-2-1-3-5-20/h6-15,20H,1-5,16-17H2,(H,32,35)(H,33,36)/b31-15+. The molecule has 0 atom stereocenters. The molecule has 0 aliphatic heterocycles. The van der Waals surface area contributed by atoms with E-state index in [2.05, 4.69) is 15.8 Å². The highest BCUT2D eigenvalue weighted by Crippen LogP contribution is 2.27. The Morgan fingerprint density at radius 3 is 2.35 bits per heavy atom. The second-order valence-corrected chi connectivity index (χ2v) is 12.5. The molecule has 0 spiro atoms. The third-order valence-corrected chi connectivity index (χ3v) is 9.11. The highest BCUT2D eigenvalue weighted by Gasteiger charge is 2.26. The van der Waals surface area contributed by atoms with Crippen molar-refractivity contribution in [1.82, 2.24) is 15.0 Å². The van der Waals surface area contributed by atoms with Gasteiger partial charge >= 0.3 is 11.8 Å². The number of carbonyl (C=O) groups is 2. The van der Waals surface area contributed by atoms with Crippen molar-refractivity contribution in [3.05, 3.63) is 86.7 Å². The highest BCUT2D eigenvalue weighted by atomic mass is 35.5. The molecule has 13 heteroatoms. The molecule has 1 saturated carbocycles. The van der Waals surface area contributed by atoms with Crippen LogP contribution in [0.5, 0.6) is 0 Å². The van der Waals surface area contributed by atoms with E-state index in [9.17, 15) is 18.0 Å². The van der Waals surface area contributed by atoms with Crippen molar-refractivity contribution in [1.29, 1.82) is 0 Å². The van der Waals surface area contributed by atoms with Gasteiger partial charge in [-0.1, -0.05) is 60.1 Å². The summed E-state index contributed by atoms with van der Waals surface area (Å²) in [6.45, 7) is -0.132. The average Bonchev–Trinajstić information content (AvgIpc) is 3.38. The monoisotopic (exact) mass is 624 g/mol. The largest absolute Gasteiger partial charge is 0.459 e. The molecule has 2 aromatic carbocycles. The third kappa shape index (κ3) is 8.08. The maximum atomic E-state index is 13.5. The van der Waals surface area contributed by atoms with Crippen molar-refractivity contribution in [3.63, 3.8) is 0 Å². The van der Waals surface area contributed by atoms with E-state index in [-0.39, 0.29) is 29.8 Å². The number of hydrogen-bond donors (Lipinski definition) is 2. The molecule has 1 aliphatic carbocycles. The van der Waals surface area contributed by atoms with Crippen molar-refractivity contribution in [2.75, 3.05) is 0 Å². The predicted molar refractivity (Wildman–Crippen MR) is 154 cm³/mol. The summed E-state index contributed by atoms with van der Waals surface area (Å²) in [5.41, 5.74) is 2.80. The number of nitrogens with zero attached hydrogens (tertiary/aromatic N) is 2. The molecule has 9 nitrogen and oxygen atoms in total. The summed E-state index contributed by atoms with van der Waals surface area (Å²) in [4.78, 5) is 24.2. The van der Waals surface area contributed by atoms with Gasteiger partial charge in [-0.2, -0.15) is 9.41 Å². The first-order valence-electron chi connectivity index (χ1n) is 12.5. The number of hydrazone groups is 1. The number of rotatable bonds is 9. The summed E-state index contributed by atoms with van der Waals surface area (Å²) in [6, 6.07) is 13.9. The molecule has 2 amide bonds. The first-order chi connectivity index (χ1) is 19.1. The summed E-state index contributed by atoms with van der Waals surface area (Å²) in [7, 11) is -3.97. The maximum absolute atomic E-state index is 13.5. The molecule has 2 N–H and O–H groups in total. The van der Waals surface area contributed by atoms with Crippen molar-refractivity contribution >= 4 is 62.9 Å². The van der Waals surface area contributed by atoms with Crippen LogP contribution in [0.25, 0.3) is 0 Å². The number of furan rings is 1. The number of sulfonamides is 1. The number of hydrogen-bond acceptors (Lipinski definition) is 6. The molecule has 0 radical (unpaired) electrons. The fourth-order valence-electron chi connectivity index (χ4n) is 4.25. The van der Waals surface area contributed by atoms with Crippen LogP contribution in [0, 0.1) is 0 Å². The minimum Gasteiger partial charge on any atom is -0.459 e. The first-order valence-corrected chi connectivity index (χ1v) is 15.1. The quantitative estimate of drug-likeness (QED) is 0.184. The molecular formula is C27H27Cl3N4O5S. The Morgan fingerprint density at radius 1 is 0.925 bits per heavy atom. The SMILES string of the molecule is O=C(N/N=C/c1ccc(CN(Cc2ccc(Cl)c(Cl)c2)S(=O)(=O)c2ccc(Cl)cc2)o1)C(=O)NC1CCCCC1. The Balaban J connectivity index is 1.44. The lowest BCUT2D eigenvalue weighted by Crippen LogP contribution is -2.44. The van der Waals surface area contributed by atoms with E-state index >= 15 is 0 Å². The van der Waals surface area contributed by atoms with E-state index < -0.39 is 21.8 Å². The van der Waals surface area contributed by atoms with Crippen molar-refractivity contribution in [2.45, 2.75) is 56.1 Å². The molecule has 0 saturated heterocycles. The number of carbonyl (C=O) groups excluding carboxylic acids is 2. The van der Waals surface area contributed by atoms with Crippen LogP contribution in [0.3, 0.4) is 0 Å². The normalized spacial score (nSPS) is 14.5. The van der Waals surface area contributed by atoms with Gasteiger partial charge in [-0.25, -0.2) is 13.8 Å². The molecule has 212 valence electrons. The van der Waals surface area contributed by atoms with Crippen LogP contribution in [0.1, 0.15) is 49.2 Å². The lowest BCUT2D eigenvalue weighted by molar-refractivity contribution is -0.139. The highest BCUT2D eigenvalue weighted by molar-refractivity contribution is 7.89. The molecule has 0 unspecified atom stereocenters. The fourth-order valence-corrected chi connectivity index (χ4v) is 6.09. The smallest absolute Gasteiger partial charge is 0.329 e. The predicted octanol–water partition coefficient (Wildman–Crippen LogP) is 5.53. The zero-order chi connectivity index (χ0) is 28.7. The van der Waals surface area contributed by atoms with E-state index in [0.29, 0.717) is 26.4 Å². The van der Waals surface area contributed by atoms with Gasteiger partial charge in [0.05, 0.1) is 27.7 Å². The Kier molecular flexibility index (Phi) is 10.3. The third-order valence-electron chi connectivity index (χ3n) is 6.31. The number of nitrogens with one attached hydrogen (secondary N) is 2. The molecule has 1 aliphatic rings. The number of benzene rings is 2. The summed E-state index contributed by atoms with van der Waals surface area (Å²) in [6.07, 6.45) is 6.12. The van der Waals surface area contributed by atoms with Gasteiger partial charge in [-0.3, -0.25) is 9.59 Å². The van der Waals surface area contributed by atoms with Gasteiger partial charge in [0.2, 0.25) is 10.0 Å². The van der Waals surface area contributed by atoms with Gasteiger partial charge in [0.15, 0.2) is 0 Å². The van der Waals surface area contributed by atoms with Crippen LogP contribution < -0.4 is 10.7 Å². The van der Waals surface area contributed by atoms with E-state index in [1.165, 1.54) is 34.8 Å². The van der Waals surface area contributed by atoms with Gasteiger partial charge in [-0.15, -0.1) is 0 Å². The van der Waals surface area contributed by atoms with Gasteiger partial charge in [0.25, 0.3) is 0 Å². The van der Waals surface area contributed by atoms with Crippen LogP contribution in [0.4, 0.5) is 0 Å². The Bertz CT molecular complexity index is 1490. The average molecular weight is 626 g/mol. The summed E-state index contributed by atoms with van der Waals surface area (Å²) in [5.74, 6) is -1.05. The Hall–Kier alpha value is -2.89. The van der Waals surface area contributed by atoms with E-state index in [4.69, 9.17) is 39.2 Å². The van der Waals surface area contributed by atoms with Gasteiger partial charge in [0, 0.05) is 17.6 Å². The van der Waals surface area contributed by atoms with Crippen LogP contribution in [-0.4, -0.2) is 36.8 Å². The zero-order valence-corrected chi connectivity index (χ0v) is 24.4. The van der Waals surface area contributed by atoms with Crippen LogP contribution >= 0.6 is 34.8 Å². The van der Waals surface area contributed by atoms with Gasteiger partial charge < -0.3 is 9.73 Å². The van der Waals surface area contributed by atoms with Crippen molar-refractivity contribution in [3.8, 4) is 0 Å². The molecule has 3 aromatic rings. The number of amides is 2. The zero-order valence-electron chi connectivity index (χ0n) is 21.3. The van der Waals surface area contributed by atoms with Crippen LogP contribution in [0.2, 0.25) is 15.1 Å². The topological polar surface area (TPSA) is 121 Å². The molecule has 40 heavy (non-hydrogen) atoms. The molecule has 0 bridgehead atoms. The van der Waals surface area contributed by atoms with Crippen LogP contribution in [0.15, 0.2) is 69.0 Å². The second kappa shape index (κ2) is 13.6. The number of halogens is 3. The fraction of sp³-hybridized carbons (Fsp3) is 0.296. The summed E-state index contributed by atoms with van der Waals surface area (Å²) >= 11 is 18.1. The Morgan fingerprint density at radius 2 is 1.65 bits per heavy atom. The van der Waals surface area contributed by atoms with Crippen LogP contribution in [-0.2, 0) is 32.7 Å². The lowest BCUT2D eigenvalue weighted by atomic mass is 9.95. The van der Waals surface area contributed by atoms with E-state index in [0.717, 1.165) is 32.1 Å². The van der Waals surface area contributed by atoms with Crippen molar-refractivity contribution < 1.29 is 22.4 Å². The molecule has 1 aromatic heterocycles. The van der Waals surface area contributed by atoms with E-state index in [1.807, 2.05) is 0 Å². The minimum absolute atomic E-state index is 0.000364. The lowest BCUT2D eigenvalue weighted by Gasteiger charge is -2.22. The molecule has 4 rings (SSSR count). The molecular weight excluding hydrogens is 599 g/mol. The summed E-state index contributed by atoms with van der Waals surface area (Å²) < 4.78 is 34.0. The second-order valence-electron chi connectivity index (χ2n) is 9.29. The van der Waals surface area contributed by atoms with Gasteiger partial charge in [-0.05, 0) is 66.9 Å². The molecule has 1 heterocycles. The maximum Gasteiger partial charge on any atom is 0.329 e. The minimum atomic E-state index is -3.97. The Labute approximate surface area is 247 Å². The van der Waals surface area contributed by atoms with E-state index in [1.54, 1.807) is 30.3 Å².